The summed E-state index contributed by atoms with van der Waals surface area (Å²) < 4.78 is 28.1. The molecular weight excluding hydrogens is 382 g/mol. The number of hydrazone groups is 1. The zero-order valence-corrected chi connectivity index (χ0v) is 15.2. The van der Waals surface area contributed by atoms with Crippen molar-refractivity contribution in [3.8, 4) is 11.5 Å². The maximum Gasteiger partial charge on any atom is 0.271 e. The lowest BCUT2D eigenvalue weighted by Crippen LogP contribution is -2.19. The molecule has 1 amide bonds. The van der Waals surface area contributed by atoms with Crippen molar-refractivity contribution in [3.05, 3.63) is 52.5 Å². The molecule has 0 bridgehead atoms. The molecule has 26 heavy (non-hydrogen) atoms. The molecule has 138 valence electrons. The second kappa shape index (κ2) is 8.17. The van der Waals surface area contributed by atoms with E-state index in [0.29, 0.717) is 17.9 Å². The lowest BCUT2D eigenvalue weighted by molar-refractivity contribution is 0.0955. The Bertz CT molecular complexity index is 960. The summed E-state index contributed by atoms with van der Waals surface area (Å²) in [5.41, 5.74) is 2.56. The van der Waals surface area contributed by atoms with Crippen LogP contribution in [-0.4, -0.2) is 32.3 Å². The number of hydrogen-bond acceptors (Lipinski definition) is 6. The standard InChI is InChI=1S/C16H16ClN3O5S/c1-2-25-13-5-3-4-11(15(13)21)9-19-20-16(22)10-6-7-12(17)14(8-10)26(18,23)24/h3-9,21H,2H2,1H3,(H,20,22)(H2,18,23,24)/b19-9+. The number of para-hydroxylation sites is 1. The Labute approximate surface area is 155 Å². The number of nitrogens with two attached hydrogens (primary N) is 1. The number of ether oxygens (including phenoxy) is 1. The number of primary sulfonamides is 1. The zero-order chi connectivity index (χ0) is 19.3. The molecule has 0 radical (unpaired) electrons. The number of nitrogens with one attached hydrogen (secondary N) is 1. The molecule has 0 atom stereocenters. The Hall–Kier alpha value is -2.62. The van der Waals surface area contributed by atoms with Gasteiger partial charge in [0.15, 0.2) is 11.5 Å². The van der Waals surface area contributed by atoms with Crippen LogP contribution in [0.1, 0.15) is 22.8 Å². The number of aromatic hydroxyl groups is 1. The summed E-state index contributed by atoms with van der Waals surface area (Å²) in [5.74, 6) is -0.503. The van der Waals surface area contributed by atoms with Gasteiger partial charge in [0.2, 0.25) is 10.0 Å². The third-order valence-corrected chi connectivity index (χ3v) is 4.59. The summed E-state index contributed by atoms with van der Waals surface area (Å²) in [7, 11) is -4.07. The average Bonchev–Trinajstić information content (AvgIpc) is 2.57. The van der Waals surface area contributed by atoms with Crippen molar-refractivity contribution in [3.63, 3.8) is 0 Å². The highest BCUT2D eigenvalue weighted by molar-refractivity contribution is 7.89. The van der Waals surface area contributed by atoms with Crippen molar-refractivity contribution >= 4 is 33.7 Å². The van der Waals surface area contributed by atoms with Crippen LogP contribution in [0.5, 0.6) is 11.5 Å². The molecule has 0 aliphatic carbocycles. The predicted molar refractivity (Wildman–Crippen MR) is 97.2 cm³/mol. The third-order valence-electron chi connectivity index (χ3n) is 3.20. The lowest BCUT2D eigenvalue weighted by Gasteiger charge is -2.07. The summed E-state index contributed by atoms with van der Waals surface area (Å²) in [5, 5.41) is 18.7. The summed E-state index contributed by atoms with van der Waals surface area (Å²) in [6, 6.07) is 8.46. The fraction of sp³-hybridized carbons (Fsp3) is 0.125. The highest BCUT2D eigenvalue weighted by Gasteiger charge is 2.16. The predicted octanol–water partition coefficient (Wildman–Crippen LogP) is 1.86. The van der Waals surface area contributed by atoms with E-state index in [0.717, 1.165) is 6.07 Å². The molecule has 0 aliphatic rings. The first-order valence-corrected chi connectivity index (χ1v) is 9.27. The van der Waals surface area contributed by atoms with Gasteiger partial charge in [-0.15, -0.1) is 0 Å². The van der Waals surface area contributed by atoms with Crippen molar-refractivity contribution in [1.82, 2.24) is 5.43 Å². The molecule has 0 spiro atoms. The van der Waals surface area contributed by atoms with E-state index in [-0.39, 0.29) is 21.2 Å². The van der Waals surface area contributed by atoms with Crippen LogP contribution in [0.15, 0.2) is 46.4 Å². The van der Waals surface area contributed by atoms with E-state index in [1.165, 1.54) is 18.3 Å². The minimum Gasteiger partial charge on any atom is -0.504 e. The van der Waals surface area contributed by atoms with Crippen LogP contribution in [0.3, 0.4) is 0 Å². The molecule has 10 heteroatoms. The van der Waals surface area contributed by atoms with Crippen molar-refractivity contribution in [2.24, 2.45) is 10.2 Å². The van der Waals surface area contributed by atoms with Gasteiger partial charge in [-0.25, -0.2) is 19.0 Å². The maximum absolute atomic E-state index is 12.1. The van der Waals surface area contributed by atoms with Gasteiger partial charge in [-0.2, -0.15) is 5.10 Å². The number of amides is 1. The van der Waals surface area contributed by atoms with Gasteiger partial charge in [0.1, 0.15) is 4.90 Å². The third kappa shape index (κ3) is 4.72. The van der Waals surface area contributed by atoms with Gasteiger partial charge in [-0.3, -0.25) is 4.79 Å². The Morgan fingerprint density at radius 2 is 2.12 bits per heavy atom. The molecule has 0 heterocycles. The first-order valence-electron chi connectivity index (χ1n) is 7.34. The molecule has 0 saturated heterocycles. The monoisotopic (exact) mass is 397 g/mol. The van der Waals surface area contributed by atoms with E-state index in [1.54, 1.807) is 25.1 Å². The summed E-state index contributed by atoms with van der Waals surface area (Å²) in [4.78, 5) is 11.7. The Morgan fingerprint density at radius 1 is 1.38 bits per heavy atom. The van der Waals surface area contributed by atoms with Gasteiger partial charge in [0.05, 0.1) is 17.8 Å². The van der Waals surface area contributed by atoms with Crippen LogP contribution in [0.25, 0.3) is 0 Å². The SMILES string of the molecule is CCOc1cccc(/C=N/NC(=O)c2ccc(Cl)c(S(N)(=O)=O)c2)c1O. The molecule has 4 N–H and O–H groups in total. The fourth-order valence-corrected chi connectivity index (χ4v) is 3.07. The summed E-state index contributed by atoms with van der Waals surface area (Å²) in [6.45, 7) is 2.16. The molecule has 2 aromatic rings. The number of sulfonamides is 1. The van der Waals surface area contributed by atoms with E-state index in [9.17, 15) is 18.3 Å². The highest BCUT2D eigenvalue weighted by Crippen LogP contribution is 2.28. The lowest BCUT2D eigenvalue weighted by atomic mass is 10.2. The number of carbonyl (C=O) groups excluding carboxylic acids is 1. The van der Waals surface area contributed by atoms with Crippen LogP contribution >= 0.6 is 11.6 Å². The smallest absolute Gasteiger partial charge is 0.271 e. The molecular formula is C16H16ClN3O5S. The molecule has 0 saturated carbocycles. The van der Waals surface area contributed by atoms with Crippen LogP contribution in [0, 0.1) is 0 Å². The second-order valence-corrected chi connectivity index (χ2v) is 6.95. The average molecular weight is 398 g/mol. The number of phenols is 1. The number of carbonyl (C=O) groups is 1. The number of hydrogen-bond donors (Lipinski definition) is 3. The zero-order valence-electron chi connectivity index (χ0n) is 13.6. The van der Waals surface area contributed by atoms with E-state index < -0.39 is 15.9 Å². The first-order chi connectivity index (χ1) is 12.2. The van der Waals surface area contributed by atoms with Crippen molar-refractivity contribution < 1.29 is 23.1 Å². The van der Waals surface area contributed by atoms with Crippen LogP contribution in [-0.2, 0) is 10.0 Å². The molecule has 2 rings (SSSR count). The molecule has 0 aromatic heterocycles. The van der Waals surface area contributed by atoms with Crippen LogP contribution < -0.4 is 15.3 Å². The van der Waals surface area contributed by atoms with Gasteiger partial charge in [-0.05, 0) is 37.3 Å². The van der Waals surface area contributed by atoms with Crippen molar-refractivity contribution in [2.75, 3.05) is 6.61 Å². The van der Waals surface area contributed by atoms with E-state index in [2.05, 4.69) is 10.5 Å². The largest absolute Gasteiger partial charge is 0.504 e. The van der Waals surface area contributed by atoms with Crippen molar-refractivity contribution in [2.45, 2.75) is 11.8 Å². The quantitative estimate of drug-likeness (QED) is 0.505. The van der Waals surface area contributed by atoms with E-state index in [4.69, 9.17) is 21.5 Å². The van der Waals surface area contributed by atoms with Crippen LogP contribution in [0.2, 0.25) is 5.02 Å². The fourth-order valence-electron chi connectivity index (χ4n) is 2.00. The number of rotatable bonds is 6. The van der Waals surface area contributed by atoms with Gasteiger partial charge < -0.3 is 9.84 Å². The minimum atomic E-state index is -4.07. The molecule has 0 aliphatic heterocycles. The van der Waals surface area contributed by atoms with Crippen LogP contribution in [0.4, 0.5) is 0 Å². The number of phenolic OH excluding ortho intramolecular Hbond substituents is 1. The summed E-state index contributed by atoms with van der Waals surface area (Å²) in [6.07, 6.45) is 1.23. The molecule has 8 nitrogen and oxygen atoms in total. The van der Waals surface area contributed by atoms with E-state index in [1.807, 2.05) is 0 Å². The van der Waals surface area contributed by atoms with E-state index >= 15 is 0 Å². The Balaban J connectivity index is 2.17. The number of nitrogens with zero attached hydrogens (tertiary/aromatic N) is 1. The molecule has 0 fully saturated rings. The highest BCUT2D eigenvalue weighted by atomic mass is 35.5. The van der Waals surface area contributed by atoms with Gasteiger partial charge in [0, 0.05) is 11.1 Å². The van der Waals surface area contributed by atoms with Gasteiger partial charge >= 0.3 is 0 Å². The Morgan fingerprint density at radius 3 is 2.77 bits per heavy atom. The number of benzene rings is 2. The van der Waals surface area contributed by atoms with Crippen molar-refractivity contribution in [1.29, 1.82) is 0 Å². The minimum absolute atomic E-state index is 0.00265. The maximum atomic E-state index is 12.1. The Kier molecular flexibility index (Phi) is 6.19. The van der Waals surface area contributed by atoms with Gasteiger partial charge in [-0.1, -0.05) is 17.7 Å². The topological polar surface area (TPSA) is 131 Å². The number of halogens is 1. The molecule has 2 aromatic carbocycles. The van der Waals surface area contributed by atoms with Gasteiger partial charge in [0.25, 0.3) is 5.91 Å². The molecule has 0 unspecified atom stereocenters. The second-order valence-electron chi connectivity index (χ2n) is 5.02. The first kappa shape index (κ1) is 19.7. The normalized spacial score (nSPS) is 11.5. The summed E-state index contributed by atoms with van der Waals surface area (Å²) >= 11 is 5.77.